The number of carbonyl (C=O) groups excluding carboxylic acids is 1. The number of halogens is 1. The molecule has 1 heterocycles. The Morgan fingerprint density at radius 1 is 1.35 bits per heavy atom. The summed E-state index contributed by atoms with van der Waals surface area (Å²) < 4.78 is 13.4. The maximum atomic E-state index is 13.4. The zero-order valence-electron chi connectivity index (χ0n) is 9.10. The number of nitrogens with zero attached hydrogens (tertiary/aromatic N) is 1. The molecule has 1 aliphatic rings. The van der Waals surface area contributed by atoms with Crippen molar-refractivity contribution in [1.82, 2.24) is 4.90 Å². The molecule has 2 rings (SSSR count). The van der Waals surface area contributed by atoms with Crippen LogP contribution in [0, 0.1) is 5.82 Å². The van der Waals surface area contributed by atoms with Gasteiger partial charge in [-0.25, -0.2) is 9.18 Å². The van der Waals surface area contributed by atoms with Crippen molar-refractivity contribution in [3.8, 4) is 0 Å². The molecule has 1 atom stereocenters. The van der Waals surface area contributed by atoms with E-state index < -0.39 is 23.7 Å². The number of benzene rings is 1. The summed E-state index contributed by atoms with van der Waals surface area (Å²) in [6, 6.07) is 4.78. The van der Waals surface area contributed by atoms with Gasteiger partial charge in [0, 0.05) is 6.54 Å². The number of amides is 1. The zero-order valence-corrected chi connectivity index (χ0v) is 9.10. The summed E-state index contributed by atoms with van der Waals surface area (Å²) in [6.45, 7) is 0.365. The number of likely N-dealkylation sites (tertiary alicyclic amines) is 1. The SMILES string of the molecule is O=C(O)C1CCCN1C(=O)c1ccccc1F. The molecule has 1 N–H and O–H groups in total. The van der Waals surface area contributed by atoms with Gasteiger partial charge in [-0.05, 0) is 25.0 Å². The Morgan fingerprint density at radius 2 is 2.06 bits per heavy atom. The summed E-state index contributed by atoms with van der Waals surface area (Å²) >= 11 is 0. The molecular formula is C12H12FNO3. The molecule has 5 heteroatoms. The van der Waals surface area contributed by atoms with Crippen molar-refractivity contribution in [3.63, 3.8) is 0 Å². The summed E-state index contributed by atoms with van der Waals surface area (Å²) in [5.41, 5.74) is -0.0688. The molecule has 1 saturated heterocycles. The highest BCUT2D eigenvalue weighted by Crippen LogP contribution is 2.21. The molecule has 0 radical (unpaired) electrons. The standard InChI is InChI=1S/C12H12FNO3/c13-9-5-2-1-4-8(9)11(15)14-7-3-6-10(14)12(16)17/h1-2,4-5,10H,3,6-7H2,(H,16,17). The lowest BCUT2D eigenvalue weighted by molar-refractivity contribution is -0.141. The molecule has 0 bridgehead atoms. The van der Waals surface area contributed by atoms with Crippen LogP contribution in [-0.2, 0) is 4.79 Å². The van der Waals surface area contributed by atoms with Gasteiger partial charge in [-0.1, -0.05) is 12.1 Å². The summed E-state index contributed by atoms with van der Waals surface area (Å²) in [6.07, 6.45) is 1.06. The van der Waals surface area contributed by atoms with E-state index in [4.69, 9.17) is 5.11 Å². The van der Waals surface area contributed by atoms with Crippen LogP contribution in [0.4, 0.5) is 4.39 Å². The molecular weight excluding hydrogens is 225 g/mol. The van der Waals surface area contributed by atoms with E-state index in [1.165, 1.54) is 23.1 Å². The molecule has 1 fully saturated rings. The van der Waals surface area contributed by atoms with Crippen LogP contribution >= 0.6 is 0 Å². The van der Waals surface area contributed by atoms with E-state index in [0.29, 0.717) is 19.4 Å². The lowest BCUT2D eigenvalue weighted by Gasteiger charge is -2.21. The fourth-order valence-corrected chi connectivity index (χ4v) is 2.06. The third-order valence-corrected chi connectivity index (χ3v) is 2.90. The molecule has 1 aromatic rings. The second kappa shape index (κ2) is 4.53. The van der Waals surface area contributed by atoms with Crippen LogP contribution in [0.1, 0.15) is 23.2 Å². The number of hydrogen-bond acceptors (Lipinski definition) is 2. The first-order valence-electron chi connectivity index (χ1n) is 5.39. The van der Waals surface area contributed by atoms with E-state index in [-0.39, 0.29) is 5.56 Å². The number of hydrogen-bond donors (Lipinski definition) is 1. The molecule has 0 spiro atoms. The average Bonchev–Trinajstić information content (AvgIpc) is 2.77. The topological polar surface area (TPSA) is 57.6 Å². The van der Waals surface area contributed by atoms with Crippen molar-refractivity contribution in [2.75, 3.05) is 6.54 Å². The highest BCUT2D eigenvalue weighted by Gasteiger charge is 2.35. The zero-order chi connectivity index (χ0) is 12.4. The number of carboxylic acids is 1. The van der Waals surface area contributed by atoms with Crippen molar-refractivity contribution < 1.29 is 19.1 Å². The third-order valence-electron chi connectivity index (χ3n) is 2.90. The van der Waals surface area contributed by atoms with Crippen LogP contribution in [0.15, 0.2) is 24.3 Å². The number of carboxylic acid groups (broad SMARTS) is 1. The fraction of sp³-hybridized carbons (Fsp3) is 0.333. The Labute approximate surface area is 97.7 Å². The van der Waals surface area contributed by atoms with Crippen molar-refractivity contribution in [2.45, 2.75) is 18.9 Å². The van der Waals surface area contributed by atoms with Crippen LogP contribution in [0.2, 0.25) is 0 Å². The van der Waals surface area contributed by atoms with Gasteiger partial charge in [0.15, 0.2) is 0 Å². The Balaban J connectivity index is 2.26. The third kappa shape index (κ3) is 2.13. The van der Waals surface area contributed by atoms with E-state index in [2.05, 4.69) is 0 Å². The van der Waals surface area contributed by atoms with Crippen LogP contribution in [0.5, 0.6) is 0 Å². The van der Waals surface area contributed by atoms with Gasteiger partial charge in [-0.15, -0.1) is 0 Å². The molecule has 1 aliphatic heterocycles. The fourth-order valence-electron chi connectivity index (χ4n) is 2.06. The minimum Gasteiger partial charge on any atom is -0.480 e. The van der Waals surface area contributed by atoms with E-state index >= 15 is 0 Å². The van der Waals surface area contributed by atoms with Gasteiger partial charge < -0.3 is 10.0 Å². The van der Waals surface area contributed by atoms with Gasteiger partial charge in [0.1, 0.15) is 11.9 Å². The second-order valence-electron chi connectivity index (χ2n) is 3.97. The lowest BCUT2D eigenvalue weighted by Crippen LogP contribution is -2.40. The molecule has 90 valence electrons. The minimum absolute atomic E-state index is 0.0688. The average molecular weight is 237 g/mol. The monoisotopic (exact) mass is 237 g/mol. The van der Waals surface area contributed by atoms with Crippen LogP contribution in [0.25, 0.3) is 0 Å². The van der Waals surface area contributed by atoms with Gasteiger partial charge in [0.2, 0.25) is 0 Å². The Kier molecular flexibility index (Phi) is 3.08. The van der Waals surface area contributed by atoms with Crippen molar-refractivity contribution in [3.05, 3.63) is 35.6 Å². The van der Waals surface area contributed by atoms with Crippen LogP contribution in [0.3, 0.4) is 0 Å². The van der Waals surface area contributed by atoms with E-state index in [0.717, 1.165) is 0 Å². The lowest BCUT2D eigenvalue weighted by atomic mass is 10.1. The first kappa shape index (κ1) is 11.6. The highest BCUT2D eigenvalue weighted by atomic mass is 19.1. The summed E-state index contributed by atoms with van der Waals surface area (Å²) in [7, 11) is 0. The highest BCUT2D eigenvalue weighted by molar-refractivity contribution is 5.97. The Bertz CT molecular complexity index is 461. The van der Waals surface area contributed by atoms with E-state index in [9.17, 15) is 14.0 Å². The molecule has 1 amide bonds. The maximum Gasteiger partial charge on any atom is 0.326 e. The summed E-state index contributed by atoms with van der Waals surface area (Å²) in [4.78, 5) is 24.2. The largest absolute Gasteiger partial charge is 0.480 e. The van der Waals surface area contributed by atoms with Crippen LogP contribution in [-0.4, -0.2) is 34.5 Å². The number of carbonyl (C=O) groups is 2. The molecule has 4 nitrogen and oxygen atoms in total. The number of rotatable bonds is 2. The van der Waals surface area contributed by atoms with Gasteiger partial charge >= 0.3 is 5.97 Å². The normalized spacial score (nSPS) is 19.4. The molecule has 0 saturated carbocycles. The Morgan fingerprint density at radius 3 is 2.71 bits per heavy atom. The predicted molar refractivity (Wildman–Crippen MR) is 58.1 cm³/mol. The molecule has 1 unspecified atom stereocenters. The van der Waals surface area contributed by atoms with Crippen molar-refractivity contribution in [1.29, 1.82) is 0 Å². The second-order valence-corrected chi connectivity index (χ2v) is 3.97. The summed E-state index contributed by atoms with van der Waals surface area (Å²) in [5.74, 6) is -2.20. The number of aliphatic carboxylic acids is 1. The smallest absolute Gasteiger partial charge is 0.326 e. The first-order chi connectivity index (χ1) is 8.11. The quantitative estimate of drug-likeness (QED) is 0.848. The van der Waals surface area contributed by atoms with Gasteiger partial charge in [-0.3, -0.25) is 4.79 Å². The van der Waals surface area contributed by atoms with Crippen molar-refractivity contribution in [2.24, 2.45) is 0 Å². The predicted octanol–water partition coefficient (Wildman–Crippen LogP) is 1.51. The maximum absolute atomic E-state index is 13.4. The van der Waals surface area contributed by atoms with Crippen molar-refractivity contribution >= 4 is 11.9 Å². The summed E-state index contributed by atoms with van der Waals surface area (Å²) in [5, 5.41) is 8.96. The van der Waals surface area contributed by atoms with Gasteiger partial charge in [0.05, 0.1) is 5.56 Å². The molecule has 0 aliphatic carbocycles. The van der Waals surface area contributed by atoms with Gasteiger partial charge in [-0.2, -0.15) is 0 Å². The molecule has 0 aromatic heterocycles. The Hall–Kier alpha value is -1.91. The first-order valence-corrected chi connectivity index (χ1v) is 5.39. The minimum atomic E-state index is -1.04. The van der Waals surface area contributed by atoms with E-state index in [1.54, 1.807) is 6.07 Å². The van der Waals surface area contributed by atoms with E-state index in [1.807, 2.05) is 0 Å². The van der Waals surface area contributed by atoms with Gasteiger partial charge in [0.25, 0.3) is 5.91 Å². The molecule has 1 aromatic carbocycles. The van der Waals surface area contributed by atoms with Crippen LogP contribution < -0.4 is 0 Å². The molecule has 17 heavy (non-hydrogen) atoms.